The van der Waals surface area contributed by atoms with Crippen LogP contribution < -0.4 is 20.8 Å². The highest BCUT2D eigenvalue weighted by atomic mass is 35.5. The molecular formula is C20H25Cl2FN4O3. The summed E-state index contributed by atoms with van der Waals surface area (Å²) in [6, 6.07) is 3.59. The molecule has 1 aliphatic heterocycles. The van der Waals surface area contributed by atoms with E-state index in [2.05, 4.69) is 16.1 Å². The molecule has 3 saturated carbocycles. The lowest BCUT2D eigenvalue weighted by molar-refractivity contribution is -0.127. The Morgan fingerprint density at radius 3 is 2.57 bits per heavy atom. The van der Waals surface area contributed by atoms with Crippen molar-refractivity contribution in [2.45, 2.75) is 42.8 Å². The van der Waals surface area contributed by atoms with Gasteiger partial charge in [0, 0.05) is 31.7 Å². The van der Waals surface area contributed by atoms with Crippen molar-refractivity contribution in [2.75, 3.05) is 20.2 Å². The Bertz CT molecular complexity index is 823. The van der Waals surface area contributed by atoms with Gasteiger partial charge in [0.05, 0.1) is 10.4 Å². The van der Waals surface area contributed by atoms with Crippen molar-refractivity contribution in [2.24, 2.45) is 11.8 Å². The molecule has 0 aromatic heterocycles. The van der Waals surface area contributed by atoms with Crippen molar-refractivity contribution in [3.63, 3.8) is 0 Å². The molecule has 3 N–H and O–H groups in total. The highest BCUT2D eigenvalue weighted by Gasteiger charge is 2.47. The highest BCUT2D eigenvalue weighted by molar-refractivity contribution is 6.30. The fourth-order valence-electron chi connectivity index (χ4n) is 4.58. The van der Waals surface area contributed by atoms with Crippen molar-refractivity contribution in [1.82, 2.24) is 21.1 Å². The molecule has 4 fully saturated rings. The summed E-state index contributed by atoms with van der Waals surface area (Å²) in [6.07, 6.45) is 2.63. The van der Waals surface area contributed by atoms with E-state index in [0.29, 0.717) is 24.8 Å². The average molecular weight is 459 g/mol. The lowest BCUT2D eigenvalue weighted by Crippen LogP contribution is -2.62. The molecule has 3 aliphatic carbocycles. The molecule has 0 spiro atoms. The molecule has 164 valence electrons. The number of ether oxygens (including phenoxy) is 1. The number of hydrogen-bond donors (Lipinski definition) is 3. The molecule has 2 amide bonds. The number of nitrogens with one attached hydrogen (secondary N) is 3. The lowest BCUT2D eigenvalue weighted by Gasteiger charge is -2.51. The zero-order valence-electron chi connectivity index (χ0n) is 16.5. The minimum Gasteiger partial charge on any atom is -0.484 e. The monoisotopic (exact) mass is 458 g/mol. The molecule has 30 heavy (non-hydrogen) atoms. The number of hydrogen-bond acceptors (Lipinski definition) is 5. The first kappa shape index (κ1) is 21.6. The smallest absolute Gasteiger partial charge is 0.258 e. The van der Waals surface area contributed by atoms with Crippen LogP contribution in [0.3, 0.4) is 0 Å². The summed E-state index contributed by atoms with van der Waals surface area (Å²) in [5.41, 5.74) is 3.07. The number of nitrogens with zero attached hydrogens (tertiary/aromatic N) is 1. The first-order valence-corrected chi connectivity index (χ1v) is 10.9. The minimum absolute atomic E-state index is 0.00145. The van der Waals surface area contributed by atoms with E-state index >= 15 is 0 Å². The van der Waals surface area contributed by atoms with Crippen LogP contribution in [-0.4, -0.2) is 60.5 Å². The first-order valence-electron chi connectivity index (χ1n) is 10.1. The standard InChI is InChI=1S/C20H25Cl2FN4O3/c1-27-8-14(22)19(26-27)20(29)25-17-7-16(10-4-11(17)5-10)24-18(28)9-30-12-2-3-13(21)15(23)6-12/h2-3,6,10-11,14,16-17,19,26H,4-5,7-9H2,1H3,(H,24,28)(H,25,29). The summed E-state index contributed by atoms with van der Waals surface area (Å²) in [4.78, 5) is 25.0. The van der Waals surface area contributed by atoms with Crippen LogP contribution in [0.5, 0.6) is 5.75 Å². The van der Waals surface area contributed by atoms with E-state index in [-0.39, 0.29) is 46.7 Å². The van der Waals surface area contributed by atoms with Gasteiger partial charge in [0.25, 0.3) is 5.91 Å². The molecule has 4 unspecified atom stereocenters. The summed E-state index contributed by atoms with van der Waals surface area (Å²) in [7, 11) is 1.85. The van der Waals surface area contributed by atoms with Gasteiger partial charge in [-0.2, -0.15) is 0 Å². The van der Waals surface area contributed by atoms with Gasteiger partial charge in [0.15, 0.2) is 6.61 Å². The Morgan fingerprint density at radius 2 is 1.93 bits per heavy atom. The molecule has 1 aromatic rings. The predicted octanol–water partition coefficient (Wildman–Crippen LogP) is 1.68. The summed E-state index contributed by atoms with van der Waals surface area (Å²) >= 11 is 11.9. The Morgan fingerprint density at radius 1 is 1.23 bits per heavy atom. The van der Waals surface area contributed by atoms with Crippen LogP contribution >= 0.6 is 23.2 Å². The van der Waals surface area contributed by atoms with Gasteiger partial charge in [-0.15, -0.1) is 11.6 Å². The second-order valence-corrected chi connectivity index (χ2v) is 9.35. The normalized spacial score (nSPS) is 32.9. The van der Waals surface area contributed by atoms with Crippen molar-refractivity contribution in [3.8, 4) is 5.75 Å². The quantitative estimate of drug-likeness (QED) is 0.565. The van der Waals surface area contributed by atoms with Gasteiger partial charge in [0.1, 0.15) is 17.6 Å². The van der Waals surface area contributed by atoms with Crippen LogP contribution in [0.4, 0.5) is 4.39 Å². The van der Waals surface area contributed by atoms with Gasteiger partial charge in [-0.1, -0.05) is 11.6 Å². The van der Waals surface area contributed by atoms with E-state index in [9.17, 15) is 14.0 Å². The van der Waals surface area contributed by atoms with Crippen molar-refractivity contribution in [1.29, 1.82) is 0 Å². The molecule has 10 heteroatoms. The Labute approximate surface area is 184 Å². The molecule has 1 heterocycles. The average Bonchev–Trinajstić information content (AvgIpc) is 3.00. The van der Waals surface area contributed by atoms with Gasteiger partial charge in [0.2, 0.25) is 5.91 Å². The molecule has 2 bridgehead atoms. The molecular weight excluding hydrogens is 434 g/mol. The van der Waals surface area contributed by atoms with E-state index in [1.54, 1.807) is 0 Å². The molecule has 4 atom stereocenters. The SMILES string of the molecule is CN1CC(Cl)C(C(=O)NC2CC(NC(=O)COc3ccc(Cl)c(F)c3)C3CC2C3)N1. The Hall–Kier alpha value is -1.61. The maximum atomic E-state index is 13.5. The number of carbonyl (C=O) groups is 2. The van der Waals surface area contributed by atoms with Crippen LogP contribution in [0, 0.1) is 17.7 Å². The molecule has 1 saturated heterocycles. The zero-order valence-corrected chi connectivity index (χ0v) is 18.0. The second-order valence-electron chi connectivity index (χ2n) is 8.38. The van der Waals surface area contributed by atoms with Crippen LogP contribution in [0.2, 0.25) is 5.02 Å². The van der Waals surface area contributed by atoms with Gasteiger partial charge in [-0.3, -0.25) is 9.59 Å². The number of halogens is 3. The summed E-state index contributed by atoms with van der Waals surface area (Å²) < 4.78 is 18.8. The van der Waals surface area contributed by atoms with Crippen molar-refractivity contribution >= 4 is 35.0 Å². The largest absolute Gasteiger partial charge is 0.484 e. The van der Waals surface area contributed by atoms with E-state index in [0.717, 1.165) is 18.9 Å². The number of amides is 2. The van der Waals surface area contributed by atoms with E-state index in [4.69, 9.17) is 27.9 Å². The van der Waals surface area contributed by atoms with Gasteiger partial charge < -0.3 is 15.4 Å². The molecule has 4 aliphatic rings. The fourth-order valence-corrected chi connectivity index (χ4v) is 5.07. The summed E-state index contributed by atoms with van der Waals surface area (Å²) in [6.45, 7) is 0.392. The van der Waals surface area contributed by atoms with E-state index in [1.807, 2.05) is 12.1 Å². The van der Waals surface area contributed by atoms with Gasteiger partial charge in [-0.05, 0) is 43.2 Å². The maximum Gasteiger partial charge on any atom is 0.258 e. The molecule has 7 nitrogen and oxygen atoms in total. The number of hydrazine groups is 1. The van der Waals surface area contributed by atoms with Crippen molar-refractivity contribution in [3.05, 3.63) is 29.0 Å². The summed E-state index contributed by atoms with van der Waals surface area (Å²) in [5, 5.41) is 7.67. The van der Waals surface area contributed by atoms with Crippen LogP contribution in [0.1, 0.15) is 19.3 Å². The molecule has 1 aromatic carbocycles. The van der Waals surface area contributed by atoms with Crippen LogP contribution in [0.25, 0.3) is 0 Å². The van der Waals surface area contributed by atoms with Crippen molar-refractivity contribution < 1.29 is 18.7 Å². The Kier molecular flexibility index (Phi) is 6.39. The molecule has 5 rings (SSSR count). The van der Waals surface area contributed by atoms with Crippen LogP contribution in [-0.2, 0) is 9.59 Å². The number of rotatable bonds is 6. The van der Waals surface area contributed by atoms with E-state index < -0.39 is 11.9 Å². The fraction of sp³-hybridized carbons (Fsp3) is 0.600. The minimum atomic E-state index is -0.594. The molecule has 0 radical (unpaired) electrons. The van der Waals surface area contributed by atoms with E-state index in [1.165, 1.54) is 12.1 Å². The Balaban J connectivity index is 1.27. The number of alkyl halides is 1. The van der Waals surface area contributed by atoms with Gasteiger partial charge in [-0.25, -0.2) is 14.8 Å². The topological polar surface area (TPSA) is 82.7 Å². The third-order valence-electron chi connectivity index (χ3n) is 6.24. The number of carbonyl (C=O) groups excluding carboxylic acids is 2. The summed E-state index contributed by atoms with van der Waals surface area (Å²) in [5.74, 6) is 0.126. The zero-order chi connectivity index (χ0) is 21.4. The highest BCUT2D eigenvalue weighted by Crippen LogP contribution is 2.45. The maximum absolute atomic E-state index is 13.5. The third kappa shape index (κ3) is 4.66. The number of benzene rings is 1. The van der Waals surface area contributed by atoms with Crippen LogP contribution in [0.15, 0.2) is 18.2 Å². The first-order chi connectivity index (χ1) is 14.3. The van der Waals surface area contributed by atoms with Gasteiger partial charge >= 0.3 is 0 Å². The number of fused-ring (bicyclic) bond motifs is 2. The lowest BCUT2D eigenvalue weighted by atomic mass is 9.60. The predicted molar refractivity (Wildman–Crippen MR) is 111 cm³/mol. The third-order valence-corrected chi connectivity index (χ3v) is 6.94. The second kappa shape index (κ2) is 8.86.